The summed E-state index contributed by atoms with van der Waals surface area (Å²) in [5.41, 5.74) is 2.03. The van der Waals surface area contributed by atoms with Crippen molar-refractivity contribution in [2.24, 2.45) is 0 Å². The zero-order chi connectivity index (χ0) is 21.5. The largest absolute Gasteiger partial charge is 0.496 e. The highest BCUT2D eigenvalue weighted by atomic mass is 16.5. The lowest BCUT2D eigenvalue weighted by atomic mass is 9.93. The third-order valence-electron chi connectivity index (χ3n) is 5.64. The maximum absolute atomic E-state index is 12.7. The van der Waals surface area contributed by atoms with Crippen LogP contribution in [-0.4, -0.2) is 46.0 Å². The second kappa shape index (κ2) is 10.0. The van der Waals surface area contributed by atoms with E-state index in [0.717, 1.165) is 48.8 Å². The van der Waals surface area contributed by atoms with Crippen LogP contribution in [-0.2, 0) is 11.2 Å². The number of para-hydroxylation sites is 1. The molecule has 160 valence electrons. The van der Waals surface area contributed by atoms with Crippen LogP contribution in [0.1, 0.15) is 36.4 Å². The number of aryl methyl sites for hydroxylation is 1. The van der Waals surface area contributed by atoms with Crippen LogP contribution in [0.15, 0.2) is 61.1 Å². The monoisotopic (exact) mass is 417 g/mol. The van der Waals surface area contributed by atoms with E-state index in [1.54, 1.807) is 19.5 Å². The Morgan fingerprint density at radius 1 is 1.10 bits per heavy atom. The molecule has 0 radical (unpaired) electrons. The summed E-state index contributed by atoms with van der Waals surface area (Å²) in [4.78, 5) is 28.0. The predicted molar refractivity (Wildman–Crippen MR) is 119 cm³/mol. The normalized spacial score (nSPS) is 14.3. The van der Waals surface area contributed by atoms with Gasteiger partial charge in [-0.3, -0.25) is 9.78 Å². The van der Waals surface area contributed by atoms with Gasteiger partial charge < -0.3 is 15.0 Å². The SMILES string of the molecule is COc1ccccc1CCC(=O)N1CCC(c2cncc(Nc3ccccn3)n2)CC1. The van der Waals surface area contributed by atoms with Crippen LogP contribution in [0.5, 0.6) is 5.75 Å². The first-order chi connectivity index (χ1) is 15.2. The average molecular weight is 418 g/mol. The molecule has 1 amide bonds. The zero-order valence-electron chi connectivity index (χ0n) is 17.7. The molecule has 1 aliphatic rings. The molecule has 4 rings (SSSR count). The number of ether oxygens (including phenoxy) is 1. The molecular formula is C24H27N5O2. The van der Waals surface area contributed by atoms with Gasteiger partial charge >= 0.3 is 0 Å². The van der Waals surface area contributed by atoms with Crippen molar-refractivity contribution >= 4 is 17.5 Å². The van der Waals surface area contributed by atoms with Crippen molar-refractivity contribution in [1.29, 1.82) is 0 Å². The number of nitrogens with zero attached hydrogens (tertiary/aromatic N) is 4. The Labute approximate surface area is 182 Å². The van der Waals surface area contributed by atoms with E-state index in [2.05, 4.69) is 15.3 Å². The number of hydrogen-bond acceptors (Lipinski definition) is 6. The van der Waals surface area contributed by atoms with Gasteiger partial charge in [-0.15, -0.1) is 0 Å². The second-order valence-electron chi connectivity index (χ2n) is 7.64. The number of carbonyl (C=O) groups is 1. The Kier molecular flexibility index (Phi) is 6.72. The van der Waals surface area contributed by atoms with Crippen molar-refractivity contribution in [3.63, 3.8) is 0 Å². The van der Waals surface area contributed by atoms with Crippen molar-refractivity contribution in [2.75, 3.05) is 25.5 Å². The van der Waals surface area contributed by atoms with E-state index >= 15 is 0 Å². The van der Waals surface area contributed by atoms with Gasteiger partial charge in [0.15, 0.2) is 0 Å². The van der Waals surface area contributed by atoms with Crippen molar-refractivity contribution in [1.82, 2.24) is 19.9 Å². The average Bonchev–Trinajstić information content (AvgIpc) is 2.83. The summed E-state index contributed by atoms with van der Waals surface area (Å²) < 4.78 is 5.39. The number of nitrogens with one attached hydrogen (secondary N) is 1. The molecule has 1 fully saturated rings. The molecule has 3 heterocycles. The number of rotatable bonds is 7. The third-order valence-corrected chi connectivity index (χ3v) is 5.64. The van der Waals surface area contributed by atoms with Crippen LogP contribution in [0.25, 0.3) is 0 Å². The summed E-state index contributed by atoms with van der Waals surface area (Å²) in [6, 6.07) is 13.6. The molecule has 0 atom stereocenters. The van der Waals surface area contributed by atoms with Crippen LogP contribution in [0.3, 0.4) is 0 Å². The molecule has 7 heteroatoms. The number of aromatic nitrogens is 3. The molecule has 3 aromatic rings. The smallest absolute Gasteiger partial charge is 0.222 e. The fourth-order valence-electron chi connectivity index (χ4n) is 3.94. The van der Waals surface area contributed by atoms with Crippen LogP contribution < -0.4 is 10.1 Å². The lowest BCUT2D eigenvalue weighted by Crippen LogP contribution is -2.38. The van der Waals surface area contributed by atoms with E-state index in [1.807, 2.05) is 53.6 Å². The number of piperidine rings is 1. The van der Waals surface area contributed by atoms with Gasteiger partial charge in [0, 0.05) is 37.8 Å². The molecule has 1 aliphatic heterocycles. The molecule has 7 nitrogen and oxygen atoms in total. The first kappa shape index (κ1) is 20.8. The number of pyridine rings is 1. The molecule has 31 heavy (non-hydrogen) atoms. The Hall–Kier alpha value is -3.48. The summed E-state index contributed by atoms with van der Waals surface area (Å²) in [5.74, 6) is 2.76. The highest BCUT2D eigenvalue weighted by Crippen LogP contribution is 2.28. The van der Waals surface area contributed by atoms with Gasteiger partial charge in [0.25, 0.3) is 0 Å². The lowest BCUT2D eigenvalue weighted by Gasteiger charge is -2.32. The summed E-state index contributed by atoms with van der Waals surface area (Å²) >= 11 is 0. The minimum Gasteiger partial charge on any atom is -0.496 e. The van der Waals surface area contributed by atoms with Gasteiger partial charge in [0.05, 0.1) is 19.0 Å². The third kappa shape index (κ3) is 5.36. The van der Waals surface area contributed by atoms with Gasteiger partial charge in [-0.2, -0.15) is 0 Å². The molecule has 2 aromatic heterocycles. The molecule has 1 N–H and O–H groups in total. The summed E-state index contributed by atoms with van der Waals surface area (Å²) in [6.45, 7) is 1.49. The van der Waals surface area contributed by atoms with Gasteiger partial charge in [-0.25, -0.2) is 9.97 Å². The standard InChI is InChI=1S/C24H27N5O2/c1-31-21-7-3-2-6-19(21)9-10-24(30)29-14-11-18(12-15-29)20-16-25-17-23(27-20)28-22-8-4-5-13-26-22/h2-8,13,16-18H,9-12,14-15H2,1H3,(H,26,27,28). The number of hydrogen-bond donors (Lipinski definition) is 1. The van der Waals surface area contributed by atoms with Crippen molar-refractivity contribution in [3.8, 4) is 5.75 Å². The summed E-state index contributed by atoms with van der Waals surface area (Å²) in [6.07, 6.45) is 8.23. The maximum Gasteiger partial charge on any atom is 0.222 e. The maximum atomic E-state index is 12.7. The highest BCUT2D eigenvalue weighted by molar-refractivity contribution is 5.76. The van der Waals surface area contributed by atoms with Gasteiger partial charge in [0.1, 0.15) is 17.4 Å². The van der Waals surface area contributed by atoms with Crippen LogP contribution >= 0.6 is 0 Å². The number of methoxy groups -OCH3 is 1. The first-order valence-corrected chi connectivity index (χ1v) is 10.6. The molecule has 0 saturated carbocycles. The number of benzene rings is 1. The second-order valence-corrected chi connectivity index (χ2v) is 7.64. The summed E-state index contributed by atoms with van der Waals surface area (Å²) in [5, 5.41) is 3.19. The van der Waals surface area contributed by atoms with Gasteiger partial charge in [0.2, 0.25) is 5.91 Å². The Morgan fingerprint density at radius 2 is 1.90 bits per heavy atom. The number of carbonyl (C=O) groups excluding carboxylic acids is 1. The fraction of sp³-hybridized carbons (Fsp3) is 0.333. The van der Waals surface area contributed by atoms with E-state index in [-0.39, 0.29) is 5.91 Å². The van der Waals surface area contributed by atoms with E-state index in [9.17, 15) is 4.79 Å². The Balaban J connectivity index is 1.30. The lowest BCUT2D eigenvalue weighted by molar-refractivity contribution is -0.132. The quantitative estimate of drug-likeness (QED) is 0.627. The first-order valence-electron chi connectivity index (χ1n) is 10.6. The Bertz CT molecular complexity index is 1000. The van der Waals surface area contributed by atoms with Crippen LogP contribution in [0, 0.1) is 0 Å². The topological polar surface area (TPSA) is 80.2 Å². The minimum atomic E-state index is 0.195. The van der Waals surface area contributed by atoms with Crippen molar-refractivity contribution in [3.05, 3.63) is 72.3 Å². The molecule has 0 spiro atoms. The number of anilines is 2. The summed E-state index contributed by atoms with van der Waals surface area (Å²) in [7, 11) is 1.66. The molecule has 1 saturated heterocycles. The van der Waals surface area contributed by atoms with Crippen LogP contribution in [0.4, 0.5) is 11.6 Å². The minimum absolute atomic E-state index is 0.195. The molecule has 0 bridgehead atoms. The molecular weight excluding hydrogens is 390 g/mol. The van der Waals surface area contributed by atoms with Crippen molar-refractivity contribution < 1.29 is 9.53 Å². The molecule has 0 aliphatic carbocycles. The predicted octanol–water partition coefficient (Wildman–Crippen LogP) is 3.96. The van der Waals surface area contributed by atoms with E-state index < -0.39 is 0 Å². The van der Waals surface area contributed by atoms with Gasteiger partial charge in [-0.1, -0.05) is 24.3 Å². The number of amides is 1. The van der Waals surface area contributed by atoms with E-state index in [4.69, 9.17) is 9.72 Å². The fourth-order valence-corrected chi connectivity index (χ4v) is 3.94. The highest BCUT2D eigenvalue weighted by Gasteiger charge is 2.25. The zero-order valence-corrected chi connectivity index (χ0v) is 17.7. The number of likely N-dealkylation sites (tertiary alicyclic amines) is 1. The van der Waals surface area contributed by atoms with E-state index in [1.165, 1.54) is 0 Å². The van der Waals surface area contributed by atoms with Gasteiger partial charge in [-0.05, 0) is 43.0 Å². The van der Waals surface area contributed by atoms with E-state index in [0.29, 0.717) is 24.6 Å². The Morgan fingerprint density at radius 3 is 2.68 bits per heavy atom. The molecule has 1 aromatic carbocycles. The van der Waals surface area contributed by atoms with Crippen molar-refractivity contribution in [2.45, 2.75) is 31.6 Å². The van der Waals surface area contributed by atoms with Crippen LogP contribution in [0.2, 0.25) is 0 Å². The molecule has 0 unspecified atom stereocenters.